The number of para-hydroxylation sites is 1. The molecule has 0 bridgehead atoms. The zero-order valence-electron chi connectivity index (χ0n) is 14.4. The number of fused-ring (bicyclic) bond motifs is 1. The summed E-state index contributed by atoms with van der Waals surface area (Å²) < 4.78 is 0. The van der Waals surface area contributed by atoms with Gasteiger partial charge < -0.3 is 20.8 Å². The van der Waals surface area contributed by atoms with Gasteiger partial charge in [-0.2, -0.15) is 0 Å². The zero-order valence-corrected chi connectivity index (χ0v) is 14.4. The third-order valence-corrected chi connectivity index (χ3v) is 4.52. The Kier molecular flexibility index (Phi) is 4.36. The Morgan fingerprint density at radius 1 is 0.852 bits per heavy atom. The van der Waals surface area contributed by atoms with E-state index in [1.54, 1.807) is 24.3 Å². The van der Waals surface area contributed by atoms with Crippen LogP contribution in [0.3, 0.4) is 0 Å². The van der Waals surface area contributed by atoms with Crippen molar-refractivity contribution in [2.45, 2.75) is 6.23 Å². The second-order valence-corrected chi connectivity index (χ2v) is 6.25. The van der Waals surface area contributed by atoms with Crippen LogP contribution in [0.2, 0.25) is 0 Å². The van der Waals surface area contributed by atoms with Crippen molar-refractivity contribution in [2.24, 2.45) is 0 Å². The van der Waals surface area contributed by atoms with Gasteiger partial charge in [-0.1, -0.05) is 48.5 Å². The number of carbonyl (C=O) groups is 1. The van der Waals surface area contributed by atoms with Crippen molar-refractivity contribution in [1.82, 2.24) is 0 Å². The van der Waals surface area contributed by atoms with Gasteiger partial charge in [0.25, 0.3) is 0 Å². The lowest BCUT2D eigenvalue weighted by molar-refractivity contribution is 0.0697. The van der Waals surface area contributed by atoms with E-state index < -0.39 is 12.2 Å². The number of anilines is 2. The average Bonchev–Trinajstić information content (AvgIpc) is 3.03. The molecule has 0 fully saturated rings. The molecule has 3 aromatic carbocycles. The highest BCUT2D eigenvalue weighted by Gasteiger charge is 2.28. The topological polar surface area (TPSA) is 81.6 Å². The second-order valence-electron chi connectivity index (χ2n) is 6.25. The number of rotatable bonds is 4. The number of carboxylic acid groups (broad SMARTS) is 1. The summed E-state index contributed by atoms with van der Waals surface area (Å²) >= 11 is 0. The van der Waals surface area contributed by atoms with Gasteiger partial charge in [0, 0.05) is 22.5 Å². The number of aromatic carboxylic acids is 1. The summed E-state index contributed by atoms with van der Waals surface area (Å²) in [6.07, 6.45) is -0.844. The molecule has 0 radical (unpaired) electrons. The monoisotopic (exact) mass is 358 g/mol. The smallest absolute Gasteiger partial charge is 0.335 e. The van der Waals surface area contributed by atoms with Crippen molar-refractivity contribution in [3.05, 3.63) is 95.6 Å². The molecule has 0 spiro atoms. The number of hydrogen-bond acceptors (Lipinski definition) is 4. The van der Waals surface area contributed by atoms with Crippen molar-refractivity contribution in [3.63, 3.8) is 0 Å². The number of carboxylic acids is 1. The fraction of sp³-hybridized carbons (Fsp3) is 0.0455. The van der Waals surface area contributed by atoms with Gasteiger partial charge in [0.2, 0.25) is 0 Å². The molecule has 0 aliphatic carbocycles. The Labute approximate surface area is 156 Å². The van der Waals surface area contributed by atoms with Crippen LogP contribution in [-0.4, -0.2) is 22.4 Å². The van der Waals surface area contributed by atoms with Crippen LogP contribution in [0.5, 0.6) is 0 Å². The van der Waals surface area contributed by atoms with E-state index in [-0.39, 0.29) is 5.56 Å². The molecule has 5 nitrogen and oxygen atoms in total. The molecule has 1 heterocycles. The highest BCUT2D eigenvalue weighted by Crippen LogP contribution is 2.39. The van der Waals surface area contributed by atoms with E-state index in [2.05, 4.69) is 10.6 Å². The minimum Gasteiger partial charge on any atom is -0.478 e. The minimum atomic E-state index is -0.965. The molecule has 27 heavy (non-hydrogen) atoms. The standard InChI is InChI=1S/C22H18N2O3/c25-21-19(17-8-4-5-9-18(17)24-21)20(14-6-2-1-3-7-14)23-16-12-10-15(11-13-16)22(26)27/h1-13,21,23-25H,(H,26,27)/b20-19-. The Morgan fingerprint density at radius 3 is 2.22 bits per heavy atom. The number of aliphatic hydroxyl groups excluding tert-OH is 1. The second kappa shape index (κ2) is 6.97. The predicted octanol–water partition coefficient (Wildman–Crippen LogP) is 4.11. The molecule has 1 aliphatic heterocycles. The number of nitrogens with one attached hydrogen (secondary N) is 2. The van der Waals surface area contributed by atoms with E-state index in [4.69, 9.17) is 5.11 Å². The molecular formula is C22H18N2O3. The lowest BCUT2D eigenvalue weighted by atomic mass is 9.99. The summed E-state index contributed by atoms with van der Waals surface area (Å²) in [6, 6.07) is 24.0. The zero-order chi connectivity index (χ0) is 18.8. The van der Waals surface area contributed by atoms with E-state index in [1.807, 2.05) is 54.6 Å². The van der Waals surface area contributed by atoms with Crippen molar-refractivity contribution in [1.29, 1.82) is 0 Å². The molecule has 4 rings (SSSR count). The molecule has 1 unspecified atom stereocenters. The van der Waals surface area contributed by atoms with Crippen molar-refractivity contribution >= 4 is 28.6 Å². The van der Waals surface area contributed by atoms with Crippen LogP contribution < -0.4 is 10.6 Å². The fourth-order valence-corrected chi connectivity index (χ4v) is 3.22. The van der Waals surface area contributed by atoms with Crippen LogP contribution >= 0.6 is 0 Å². The lowest BCUT2D eigenvalue weighted by Gasteiger charge is -2.17. The van der Waals surface area contributed by atoms with Gasteiger partial charge in [-0.25, -0.2) is 4.79 Å². The molecule has 0 saturated heterocycles. The molecule has 0 saturated carbocycles. The predicted molar refractivity (Wildman–Crippen MR) is 106 cm³/mol. The Hall–Kier alpha value is -3.57. The van der Waals surface area contributed by atoms with Crippen LogP contribution in [0, 0.1) is 0 Å². The van der Waals surface area contributed by atoms with Gasteiger partial charge in [-0.15, -0.1) is 0 Å². The van der Waals surface area contributed by atoms with Gasteiger partial charge in [0.1, 0.15) is 0 Å². The number of aliphatic hydroxyl groups is 1. The third kappa shape index (κ3) is 3.28. The van der Waals surface area contributed by atoms with Crippen LogP contribution in [0.15, 0.2) is 78.9 Å². The van der Waals surface area contributed by atoms with Crippen LogP contribution in [0.1, 0.15) is 21.5 Å². The Balaban J connectivity index is 1.82. The maximum Gasteiger partial charge on any atom is 0.335 e. The largest absolute Gasteiger partial charge is 0.478 e. The van der Waals surface area contributed by atoms with E-state index in [0.717, 1.165) is 33.8 Å². The van der Waals surface area contributed by atoms with E-state index in [0.29, 0.717) is 0 Å². The first-order valence-electron chi connectivity index (χ1n) is 8.57. The van der Waals surface area contributed by atoms with E-state index in [9.17, 15) is 9.90 Å². The first kappa shape index (κ1) is 16.9. The number of benzene rings is 3. The first-order chi connectivity index (χ1) is 13.1. The molecular weight excluding hydrogens is 340 g/mol. The lowest BCUT2D eigenvalue weighted by Crippen LogP contribution is -2.16. The van der Waals surface area contributed by atoms with Gasteiger partial charge in [-0.05, 0) is 35.9 Å². The van der Waals surface area contributed by atoms with Gasteiger partial charge >= 0.3 is 5.97 Å². The third-order valence-electron chi connectivity index (χ3n) is 4.52. The molecule has 4 N–H and O–H groups in total. The van der Waals surface area contributed by atoms with Gasteiger partial charge in [0.15, 0.2) is 6.23 Å². The maximum atomic E-state index is 11.1. The van der Waals surface area contributed by atoms with Crippen LogP contribution in [-0.2, 0) is 0 Å². The van der Waals surface area contributed by atoms with Crippen LogP contribution in [0.4, 0.5) is 11.4 Å². The van der Waals surface area contributed by atoms with E-state index >= 15 is 0 Å². The van der Waals surface area contributed by atoms with Crippen molar-refractivity contribution < 1.29 is 15.0 Å². The highest BCUT2D eigenvalue weighted by molar-refractivity contribution is 6.03. The number of hydrogen-bond donors (Lipinski definition) is 4. The van der Waals surface area contributed by atoms with Gasteiger partial charge in [0.05, 0.1) is 11.3 Å². The first-order valence-corrected chi connectivity index (χ1v) is 8.57. The fourth-order valence-electron chi connectivity index (χ4n) is 3.22. The summed E-state index contributed by atoms with van der Waals surface area (Å²) in [7, 11) is 0. The van der Waals surface area contributed by atoms with Crippen molar-refractivity contribution in [2.75, 3.05) is 10.6 Å². The maximum absolute atomic E-state index is 11.1. The van der Waals surface area contributed by atoms with Gasteiger partial charge in [-0.3, -0.25) is 0 Å². The molecule has 134 valence electrons. The van der Waals surface area contributed by atoms with Crippen molar-refractivity contribution in [3.8, 4) is 0 Å². The molecule has 1 aliphatic rings. The Bertz CT molecular complexity index is 1010. The van der Waals surface area contributed by atoms with Crippen LogP contribution in [0.25, 0.3) is 11.3 Å². The summed E-state index contributed by atoms with van der Waals surface area (Å²) in [4.78, 5) is 11.1. The molecule has 0 aromatic heterocycles. The summed E-state index contributed by atoms with van der Waals surface area (Å²) in [5, 5.41) is 26.2. The molecule has 5 heteroatoms. The Morgan fingerprint density at radius 2 is 1.52 bits per heavy atom. The summed E-state index contributed by atoms with van der Waals surface area (Å²) in [6.45, 7) is 0. The molecule has 1 atom stereocenters. The summed E-state index contributed by atoms with van der Waals surface area (Å²) in [5.74, 6) is -0.965. The molecule has 3 aromatic rings. The SMILES string of the molecule is O=C(O)c1ccc(N/C(=C2/c3ccccc3NC2O)c2ccccc2)cc1. The minimum absolute atomic E-state index is 0.224. The molecule has 0 amide bonds. The quantitative estimate of drug-likeness (QED) is 0.564. The highest BCUT2D eigenvalue weighted by atomic mass is 16.4. The van der Waals surface area contributed by atoms with E-state index in [1.165, 1.54) is 0 Å². The summed E-state index contributed by atoms with van der Waals surface area (Å²) in [5.41, 5.74) is 5.20. The normalized spacial score (nSPS) is 17.0. The average molecular weight is 358 g/mol.